The molecule has 0 bridgehead atoms. The molecule has 5 aromatic carbocycles. The molecule has 0 fully saturated rings. The van der Waals surface area contributed by atoms with E-state index in [1.54, 1.807) is 26.1 Å². The SMILES string of the molecule is Cc1ccccc1-c1cc(CC(C)(C)C)cc[n+]1C.[2H]C([2H])(C)Cc1ccc(-c2ccccc2C)[n+](C)c1.[2H]C([2H])(C)c1ccc(-c2ccccc2C)[n+](C)c1.[2H]C([2H])([2H])C([2H])(C)c1ccc(-c2ccccc2C)[n+](C)c1.[2H]C([2H])(c1ccc(-c2ccccc2C)[n+](C)c1)C(C)C. The Labute approximate surface area is 540 Å². The maximum absolute atomic E-state index is 8.19. The zero-order chi connectivity index (χ0) is 72.2. The lowest BCUT2D eigenvalue weighted by Gasteiger charge is -2.18. The molecule has 5 heterocycles. The second-order valence-electron chi connectivity index (χ2n) is 24.3. The minimum atomic E-state index is -2.36. The molecular weight excluding hydrogens is 1050 g/mol. The normalized spacial score (nSPS) is 13.9. The van der Waals surface area contributed by atoms with Gasteiger partial charge in [0.2, 0.25) is 28.5 Å². The topological polar surface area (TPSA) is 19.4 Å². The van der Waals surface area contributed by atoms with Crippen LogP contribution in [0.1, 0.15) is 144 Å². The number of rotatable bonds is 12. The molecule has 0 aliphatic carbocycles. The van der Waals surface area contributed by atoms with E-state index in [2.05, 4.69) is 150 Å². The van der Waals surface area contributed by atoms with Gasteiger partial charge in [-0.15, -0.1) is 0 Å². The van der Waals surface area contributed by atoms with Crippen molar-refractivity contribution in [3.63, 3.8) is 0 Å². The summed E-state index contributed by atoms with van der Waals surface area (Å²) in [7, 11) is 9.93. The molecular formula is C82H104N5+5. The molecule has 0 aliphatic heterocycles. The molecule has 0 spiro atoms. The van der Waals surface area contributed by atoms with Crippen LogP contribution >= 0.6 is 0 Å². The van der Waals surface area contributed by atoms with E-state index in [4.69, 9.17) is 13.7 Å². The van der Waals surface area contributed by atoms with Crippen molar-refractivity contribution in [3.05, 3.63) is 269 Å². The van der Waals surface area contributed by atoms with Crippen LogP contribution < -0.4 is 22.8 Å². The number of aromatic nitrogens is 5. The highest BCUT2D eigenvalue weighted by molar-refractivity contribution is 5.64. The molecule has 87 heavy (non-hydrogen) atoms. The van der Waals surface area contributed by atoms with E-state index < -0.39 is 31.9 Å². The van der Waals surface area contributed by atoms with E-state index in [9.17, 15) is 0 Å². The summed E-state index contributed by atoms with van der Waals surface area (Å²) in [6, 6.07) is 61.4. The van der Waals surface area contributed by atoms with Crippen molar-refractivity contribution in [2.24, 2.45) is 46.6 Å². The molecule has 5 heteroatoms. The second-order valence-corrected chi connectivity index (χ2v) is 24.3. The quantitative estimate of drug-likeness (QED) is 0.109. The third kappa shape index (κ3) is 19.9. The Kier molecular flexibility index (Phi) is 20.3. The van der Waals surface area contributed by atoms with Crippen LogP contribution in [0.5, 0.6) is 0 Å². The van der Waals surface area contributed by atoms with Gasteiger partial charge in [0.15, 0.2) is 31.0 Å². The van der Waals surface area contributed by atoms with Gasteiger partial charge in [-0.3, -0.25) is 0 Å². The van der Waals surface area contributed by atoms with Crippen molar-refractivity contribution in [3.8, 4) is 56.3 Å². The van der Waals surface area contributed by atoms with Crippen LogP contribution in [0.15, 0.2) is 213 Å². The Balaban J connectivity index is 0.000000192. The summed E-state index contributed by atoms with van der Waals surface area (Å²) >= 11 is 0. The van der Waals surface area contributed by atoms with Crippen LogP contribution in [0.3, 0.4) is 0 Å². The largest absolute Gasteiger partial charge is 0.212 e. The van der Waals surface area contributed by atoms with Crippen molar-refractivity contribution in [1.82, 2.24) is 0 Å². The smallest absolute Gasteiger partial charge is 0.201 e. The van der Waals surface area contributed by atoms with Gasteiger partial charge in [-0.2, -0.15) is 0 Å². The molecule has 1 unspecified atom stereocenters. The van der Waals surface area contributed by atoms with Crippen LogP contribution in [0.25, 0.3) is 56.3 Å². The maximum atomic E-state index is 8.19. The molecule has 0 N–H and O–H groups in total. The van der Waals surface area contributed by atoms with Crippen molar-refractivity contribution < 1.29 is 36.5 Å². The highest BCUT2D eigenvalue weighted by atomic mass is 14.9. The van der Waals surface area contributed by atoms with E-state index in [1.165, 1.54) is 62.7 Å². The molecule has 0 saturated carbocycles. The van der Waals surface area contributed by atoms with Crippen LogP contribution in [-0.2, 0) is 60.8 Å². The first-order chi connectivity index (χ1) is 45.1. The van der Waals surface area contributed by atoms with Crippen LogP contribution in [0.4, 0.5) is 0 Å². The summed E-state index contributed by atoms with van der Waals surface area (Å²) in [6.45, 7) is 23.4. The Bertz CT molecular complexity index is 4280. The second kappa shape index (κ2) is 32.5. The molecule has 0 saturated heterocycles. The lowest BCUT2D eigenvalue weighted by molar-refractivity contribution is -0.661. The fraction of sp³-hybridized carbons (Fsp3) is 0.329. The van der Waals surface area contributed by atoms with Gasteiger partial charge < -0.3 is 0 Å². The number of nitrogens with zero attached hydrogens (tertiary/aromatic N) is 5. The predicted molar refractivity (Wildman–Crippen MR) is 368 cm³/mol. The lowest BCUT2D eigenvalue weighted by atomic mass is 9.88. The average molecular weight is 1170 g/mol. The molecule has 0 amide bonds. The van der Waals surface area contributed by atoms with Crippen molar-refractivity contribution in [1.29, 1.82) is 0 Å². The summed E-state index contributed by atoms with van der Waals surface area (Å²) in [5, 5.41) is 0. The lowest BCUT2D eigenvalue weighted by Crippen LogP contribution is -2.31. The van der Waals surface area contributed by atoms with Gasteiger partial charge in [0.05, 0.1) is 0 Å². The van der Waals surface area contributed by atoms with Crippen LogP contribution in [0.2, 0.25) is 0 Å². The Morgan fingerprint density at radius 3 is 1.13 bits per heavy atom. The fourth-order valence-electron chi connectivity index (χ4n) is 10.6. The molecule has 10 aromatic rings. The standard InChI is InChI=1S/C18H24N.C17H22N.2C16H20N.C15H18N/c1-14-8-6-7-9-16(14)17-12-15(10-11-19(17)5)13-18(2,3)4;1-13(2)11-15-9-10-17(18(4)12-15)16-8-6-5-7-14(16)3;1-12(2)14-9-10-16(17(4)11-14)15-8-6-5-7-13(15)3;1-4-7-14-10-11-16(17(3)12-14)15-9-6-5-8-13(15)2;1-4-13-9-10-15(16(3)11-13)14-8-6-5-7-12(14)2/h6-12H,13H2,1-5H3;5-10,12-13H,11H2,1-4H3;5-12H,1-4H3;5-6,8-12H,4,7H2,1-3H3;5-11H,4H2,1-3H3/q5*+1/i;11D2;1D3,12D;2*4D2. The minimum absolute atomic E-state index is 0.0492. The van der Waals surface area contributed by atoms with Crippen LogP contribution in [0, 0.1) is 46.0 Å². The van der Waals surface area contributed by atoms with Gasteiger partial charge in [-0.25, -0.2) is 22.8 Å². The van der Waals surface area contributed by atoms with Crippen molar-refractivity contribution in [2.45, 2.75) is 135 Å². The number of benzene rings is 5. The summed E-state index contributed by atoms with van der Waals surface area (Å²) < 4.78 is 88.1. The fourth-order valence-corrected chi connectivity index (χ4v) is 10.6. The van der Waals surface area contributed by atoms with E-state index in [0.717, 1.165) is 51.5 Å². The molecule has 0 aliphatic rings. The summed E-state index contributed by atoms with van der Waals surface area (Å²) in [5.74, 6) is -1.67. The zero-order valence-corrected chi connectivity index (χ0v) is 55.4. The van der Waals surface area contributed by atoms with Gasteiger partial charge in [0.25, 0.3) is 0 Å². The summed E-state index contributed by atoms with van der Waals surface area (Å²) in [5.41, 5.74) is 22.5. The zero-order valence-electron chi connectivity index (χ0n) is 65.4. The van der Waals surface area contributed by atoms with Crippen LogP contribution in [-0.4, -0.2) is 0 Å². The molecule has 10 rings (SSSR count). The van der Waals surface area contributed by atoms with E-state index in [0.29, 0.717) is 23.0 Å². The monoisotopic (exact) mass is 1170 g/mol. The molecule has 1 atom stereocenters. The van der Waals surface area contributed by atoms with Gasteiger partial charge in [0.1, 0.15) is 35.2 Å². The first kappa shape index (κ1) is 54.3. The molecule has 5 aromatic heterocycles. The van der Waals surface area contributed by atoms with E-state index in [1.807, 2.05) is 178 Å². The number of pyridine rings is 5. The third-order valence-electron chi connectivity index (χ3n) is 15.2. The van der Waals surface area contributed by atoms with E-state index in [-0.39, 0.29) is 5.92 Å². The maximum Gasteiger partial charge on any atom is 0.212 e. The minimum Gasteiger partial charge on any atom is -0.201 e. The van der Waals surface area contributed by atoms with Gasteiger partial charge in [0, 0.05) is 100 Å². The highest BCUT2D eigenvalue weighted by Gasteiger charge is 2.19. The summed E-state index contributed by atoms with van der Waals surface area (Å²) in [4.78, 5) is 0. The highest BCUT2D eigenvalue weighted by Crippen LogP contribution is 2.27. The predicted octanol–water partition coefficient (Wildman–Crippen LogP) is 17.9. The Morgan fingerprint density at radius 2 is 0.770 bits per heavy atom. The first-order valence-electron chi connectivity index (χ1n) is 35.4. The van der Waals surface area contributed by atoms with E-state index >= 15 is 0 Å². The Hall–Kier alpha value is -8.15. The summed E-state index contributed by atoms with van der Waals surface area (Å²) in [6.07, 6.45) is 7.46. The third-order valence-corrected chi connectivity index (χ3v) is 15.2. The molecule has 0 radical (unpaired) electrons. The number of hydrogen-bond acceptors (Lipinski definition) is 0. The molecule has 5 nitrogen and oxygen atoms in total. The molecule has 452 valence electrons. The van der Waals surface area contributed by atoms with Gasteiger partial charge >= 0.3 is 0 Å². The first-order valence-corrected chi connectivity index (χ1v) is 30.4. The van der Waals surface area contributed by atoms with Crippen molar-refractivity contribution >= 4 is 0 Å². The Morgan fingerprint density at radius 1 is 0.414 bits per heavy atom. The number of hydrogen-bond donors (Lipinski definition) is 0. The number of aryl methyl sites for hydroxylation is 12. The van der Waals surface area contributed by atoms with Gasteiger partial charge in [-0.1, -0.05) is 160 Å². The average Bonchev–Trinajstić information content (AvgIpc) is 0.790. The van der Waals surface area contributed by atoms with Gasteiger partial charge in [-0.05, 0) is 165 Å². The van der Waals surface area contributed by atoms with Crippen molar-refractivity contribution in [2.75, 3.05) is 0 Å².